The molecule has 0 bridgehead atoms. The lowest BCUT2D eigenvalue weighted by molar-refractivity contribution is -0.0926. The Hall–Kier alpha value is -0.0800. The predicted octanol–water partition coefficient (Wildman–Crippen LogP) is 2.37. The minimum absolute atomic E-state index is 0.463. The molecule has 0 saturated heterocycles. The van der Waals surface area contributed by atoms with Crippen LogP contribution in [0.25, 0.3) is 0 Å². The fourth-order valence-corrected chi connectivity index (χ4v) is 3.27. The van der Waals surface area contributed by atoms with E-state index in [1.54, 1.807) is 0 Å². The highest BCUT2D eigenvalue weighted by Gasteiger charge is 2.42. The van der Waals surface area contributed by atoms with Crippen LogP contribution in [0.4, 0.5) is 0 Å². The standard InChI is InChI=1S/C13H27NO/c1-10(2)12-7-6-11(3)8-13(12,15)9-14(4)5/h10-12,15H,6-9H2,1-5H3/t11-,12+,13+/m1/s1. The summed E-state index contributed by atoms with van der Waals surface area (Å²) >= 11 is 0. The van der Waals surface area contributed by atoms with Gasteiger partial charge in [0.2, 0.25) is 0 Å². The van der Waals surface area contributed by atoms with Crippen molar-refractivity contribution in [2.45, 2.75) is 45.6 Å². The maximum absolute atomic E-state index is 10.8. The van der Waals surface area contributed by atoms with Gasteiger partial charge in [0.15, 0.2) is 0 Å². The summed E-state index contributed by atoms with van der Waals surface area (Å²) in [5.74, 6) is 1.73. The van der Waals surface area contributed by atoms with Crippen molar-refractivity contribution < 1.29 is 5.11 Å². The third-order valence-electron chi connectivity index (χ3n) is 3.76. The highest BCUT2D eigenvalue weighted by atomic mass is 16.3. The highest BCUT2D eigenvalue weighted by molar-refractivity contribution is 4.94. The average Bonchev–Trinajstić information content (AvgIpc) is 1.99. The second kappa shape index (κ2) is 4.84. The molecule has 3 atom stereocenters. The maximum Gasteiger partial charge on any atom is 0.0806 e. The predicted molar refractivity (Wildman–Crippen MR) is 64.8 cm³/mol. The van der Waals surface area contributed by atoms with Crippen LogP contribution in [-0.4, -0.2) is 36.2 Å². The normalized spacial score (nSPS) is 37.6. The lowest BCUT2D eigenvalue weighted by atomic mass is 9.67. The van der Waals surface area contributed by atoms with E-state index in [0.717, 1.165) is 13.0 Å². The smallest absolute Gasteiger partial charge is 0.0806 e. The number of rotatable bonds is 3. The van der Waals surface area contributed by atoms with Gasteiger partial charge in [-0.05, 0) is 44.7 Å². The van der Waals surface area contributed by atoms with Crippen molar-refractivity contribution in [2.75, 3.05) is 20.6 Å². The second-order valence-corrected chi connectivity index (χ2v) is 6.08. The Balaban J connectivity index is 2.76. The molecular formula is C13H27NO. The monoisotopic (exact) mass is 213 g/mol. The van der Waals surface area contributed by atoms with Gasteiger partial charge in [-0.25, -0.2) is 0 Å². The zero-order valence-corrected chi connectivity index (χ0v) is 11.0. The SMILES string of the molecule is CC(C)[C@@H]1CC[C@@H](C)C[C@]1(O)CN(C)C. The minimum atomic E-state index is -0.463. The first kappa shape index (κ1) is 13.0. The molecule has 0 amide bonds. The van der Waals surface area contributed by atoms with Gasteiger partial charge in [-0.15, -0.1) is 0 Å². The summed E-state index contributed by atoms with van der Waals surface area (Å²) in [7, 11) is 4.10. The van der Waals surface area contributed by atoms with Crippen LogP contribution in [-0.2, 0) is 0 Å². The molecular weight excluding hydrogens is 186 g/mol. The average molecular weight is 213 g/mol. The van der Waals surface area contributed by atoms with E-state index < -0.39 is 5.60 Å². The van der Waals surface area contributed by atoms with E-state index in [9.17, 15) is 5.11 Å². The van der Waals surface area contributed by atoms with E-state index >= 15 is 0 Å². The molecule has 1 fully saturated rings. The van der Waals surface area contributed by atoms with Crippen LogP contribution in [0.15, 0.2) is 0 Å². The maximum atomic E-state index is 10.8. The number of aliphatic hydroxyl groups is 1. The van der Waals surface area contributed by atoms with E-state index in [1.807, 2.05) is 0 Å². The van der Waals surface area contributed by atoms with Gasteiger partial charge >= 0.3 is 0 Å². The van der Waals surface area contributed by atoms with Crippen molar-refractivity contribution >= 4 is 0 Å². The summed E-state index contributed by atoms with van der Waals surface area (Å²) < 4.78 is 0. The summed E-state index contributed by atoms with van der Waals surface area (Å²) in [5.41, 5.74) is -0.463. The Labute approximate surface area is 94.7 Å². The molecule has 0 unspecified atom stereocenters. The van der Waals surface area contributed by atoms with Crippen LogP contribution >= 0.6 is 0 Å². The Morgan fingerprint density at radius 1 is 1.33 bits per heavy atom. The number of hydrogen-bond donors (Lipinski definition) is 1. The fourth-order valence-electron chi connectivity index (χ4n) is 3.27. The molecule has 2 nitrogen and oxygen atoms in total. The number of likely N-dealkylation sites (N-methyl/N-ethyl adjacent to an activating group) is 1. The van der Waals surface area contributed by atoms with Gasteiger partial charge in [0, 0.05) is 6.54 Å². The van der Waals surface area contributed by atoms with Gasteiger partial charge in [-0.2, -0.15) is 0 Å². The van der Waals surface area contributed by atoms with Crippen molar-refractivity contribution in [1.82, 2.24) is 4.90 Å². The van der Waals surface area contributed by atoms with E-state index in [1.165, 1.54) is 12.8 Å². The molecule has 1 aliphatic carbocycles. The third kappa shape index (κ3) is 3.18. The highest BCUT2D eigenvalue weighted by Crippen LogP contribution is 2.41. The number of hydrogen-bond acceptors (Lipinski definition) is 2. The summed E-state index contributed by atoms with van der Waals surface area (Å²) in [6, 6.07) is 0. The summed E-state index contributed by atoms with van der Waals surface area (Å²) in [6.45, 7) is 7.54. The van der Waals surface area contributed by atoms with Crippen LogP contribution in [0, 0.1) is 17.8 Å². The molecule has 1 aliphatic rings. The first-order chi connectivity index (χ1) is 6.85. The Morgan fingerprint density at radius 3 is 2.40 bits per heavy atom. The van der Waals surface area contributed by atoms with Crippen molar-refractivity contribution in [2.24, 2.45) is 17.8 Å². The lowest BCUT2D eigenvalue weighted by Gasteiger charge is -2.46. The first-order valence-electron chi connectivity index (χ1n) is 6.22. The third-order valence-corrected chi connectivity index (χ3v) is 3.76. The quantitative estimate of drug-likeness (QED) is 0.778. The molecule has 15 heavy (non-hydrogen) atoms. The van der Waals surface area contributed by atoms with E-state index in [2.05, 4.69) is 39.8 Å². The molecule has 1 saturated carbocycles. The van der Waals surface area contributed by atoms with Crippen molar-refractivity contribution in [3.8, 4) is 0 Å². The summed E-state index contributed by atoms with van der Waals surface area (Å²) in [5, 5.41) is 10.8. The van der Waals surface area contributed by atoms with Gasteiger partial charge in [0.05, 0.1) is 5.60 Å². The van der Waals surface area contributed by atoms with E-state index in [4.69, 9.17) is 0 Å². The van der Waals surface area contributed by atoms with Crippen LogP contribution in [0.2, 0.25) is 0 Å². The van der Waals surface area contributed by atoms with Crippen molar-refractivity contribution in [1.29, 1.82) is 0 Å². The van der Waals surface area contributed by atoms with Crippen LogP contribution in [0.1, 0.15) is 40.0 Å². The molecule has 90 valence electrons. The molecule has 0 heterocycles. The van der Waals surface area contributed by atoms with Crippen molar-refractivity contribution in [3.05, 3.63) is 0 Å². The van der Waals surface area contributed by atoms with Crippen LogP contribution < -0.4 is 0 Å². The van der Waals surface area contributed by atoms with E-state index in [-0.39, 0.29) is 0 Å². The van der Waals surface area contributed by atoms with Gasteiger partial charge in [0.25, 0.3) is 0 Å². The second-order valence-electron chi connectivity index (χ2n) is 6.08. The number of nitrogens with zero attached hydrogens (tertiary/aromatic N) is 1. The molecule has 2 heteroatoms. The largest absolute Gasteiger partial charge is 0.388 e. The van der Waals surface area contributed by atoms with Gasteiger partial charge < -0.3 is 10.0 Å². The molecule has 0 aromatic rings. The molecule has 0 spiro atoms. The van der Waals surface area contributed by atoms with Gasteiger partial charge in [-0.3, -0.25) is 0 Å². The van der Waals surface area contributed by atoms with Crippen molar-refractivity contribution in [3.63, 3.8) is 0 Å². The minimum Gasteiger partial charge on any atom is -0.388 e. The van der Waals surface area contributed by atoms with E-state index in [0.29, 0.717) is 17.8 Å². The molecule has 1 N–H and O–H groups in total. The molecule has 0 radical (unpaired) electrons. The lowest BCUT2D eigenvalue weighted by Crippen LogP contribution is -2.51. The Kier molecular flexibility index (Phi) is 4.19. The fraction of sp³-hybridized carbons (Fsp3) is 1.00. The van der Waals surface area contributed by atoms with Gasteiger partial charge in [-0.1, -0.05) is 27.2 Å². The zero-order valence-electron chi connectivity index (χ0n) is 11.0. The topological polar surface area (TPSA) is 23.5 Å². The molecule has 0 aromatic carbocycles. The van der Waals surface area contributed by atoms with Gasteiger partial charge in [0.1, 0.15) is 0 Å². The van der Waals surface area contributed by atoms with Crippen LogP contribution in [0.5, 0.6) is 0 Å². The molecule has 0 aliphatic heterocycles. The summed E-state index contributed by atoms with van der Waals surface area (Å²) in [6.07, 6.45) is 3.43. The molecule has 0 aromatic heterocycles. The van der Waals surface area contributed by atoms with Crippen LogP contribution in [0.3, 0.4) is 0 Å². The summed E-state index contributed by atoms with van der Waals surface area (Å²) in [4.78, 5) is 2.12. The first-order valence-corrected chi connectivity index (χ1v) is 6.22. The Bertz CT molecular complexity index is 199. The zero-order chi connectivity index (χ0) is 11.6. The molecule has 1 rings (SSSR count). The Morgan fingerprint density at radius 2 is 1.93 bits per heavy atom.